The molecule has 0 fully saturated rings. The van der Waals surface area contributed by atoms with Crippen molar-refractivity contribution < 1.29 is 24.0 Å². The molecule has 1 amide bonds. The van der Waals surface area contributed by atoms with E-state index in [0.717, 1.165) is 22.2 Å². The number of nitro groups is 1. The lowest BCUT2D eigenvalue weighted by Gasteiger charge is -2.06. The average Bonchev–Trinajstić information content (AvgIpc) is 3.08. The van der Waals surface area contributed by atoms with Gasteiger partial charge in [0.15, 0.2) is 5.78 Å². The number of carbonyl (C=O) groups is 3. The summed E-state index contributed by atoms with van der Waals surface area (Å²) >= 11 is 0.906. The third-order valence-electron chi connectivity index (χ3n) is 3.39. The molecule has 0 saturated heterocycles. The molecule has 26 heavy (non-hydrogen) atoms. The predicted molar refractivity (Wildman–Crippen MR) is 92.8 cm³/mol. The molecular formula is C15H16N4O6S. The van der Waals surface area contributed by atoms with Crippen molar-refractivity contribution in [2.45, 2.75) is 20.8 Å². The van der Waals surface area contributed by atoms with E-state index in [-0.39, 0.29) is 23.0 Å². The van der Waals surface area contributed by atoms with Crippen LogP contribution in [-0.2, 0) is 11.8 Å². The Morgan fingerprint density at radius 2 is 2.08 bits per heavy atom. The Kier molecular flexibility index (Phi) is 5.50. The highest BCUT2D eigenvalue weighted by Gasteiger charge is 2.29. The van der Waals surface area contributed by atoms with E-state index in [1.807, 2.05) is 0 Å². The van der Waals surface area contributed by atoms with Gasteiger partial charge >= 0.3 is 11.7 Å². The van der Waals surface area contributed by atoms with Crippen molar-refractivity contribution in [3.05, 3.63) is 38.0 Å². The molecule has 0 spiro atoms. The number of thiophene rings is 1. The third-order valence-corrected chi connectivity index (χ3v) is 4.70. The van der Waals surface area contributed by atoms with Crippen LogP contribution in [0.25, 0.3) is 0 Å². The number of ketones is 1. The molecule has 0 unspecified atom stereocenters. The summed E-state index contributed by atoms with van der Waals surface area (Å²) in [4.78, 5) is 47.0. The number of nitrogens with one attached hydrogen (secondary N) is 1. The zero-order chi connectivity index (χ0) is 19.6. The van der Waals surface area contributed by atoms with Crippen LogP contribution in [0.2, 0.25) is 0 Å². The van der Waals surface area contributed by atoms with Crippen molar-refractivity contribution >= 4 is 39.7 Å². The maximum atomic E-state index is 12.5. The topological polar surface area (TPSA) is 133 Å². The number of amides is 1. The van der Waals surface area contributed by atoms with Crippen LogP contribution in [0.5, 0.6) is 0 Å². The first-order valence-electron chi connectivity index (χ1n) is 7.48. The van der Waals surface area contributed by atoms with E-state index < -0.39 is 28.2 Å². The van der Waals surface area contributed by atoms with Crippen molar-refractivity contribution in [2.75, 3.05) is 11.9 Å². The molecule has 0 radical (unpaired) electrons. The summed E-state index contributed by atoms with van der Waals surface area (Å²) in [5.41, 5.74) is -0.439. The number of esters is 1. The molecule has 0 aliphatic carbocycles. The van der Waals surface area contributed by atoms with Crippen LogP contribution in [0.1, 0.15) is 49.9 Å². The Morgan fingerprint density at radius 1 is 1.42 bits per heavy atom. The van der Waals surface area contributed by atoms with Gasteiger partial charge in [-0.1, -0.05) is 0 Å². The smallest absolute Gasteiger partial charge is 0.341 e. The zero-order valence-electron chi connectivity index (χ0n) is 14.5. The lowest BCUT2D eigenvalue weighted by atomic mass is 10.1. The number of ether oxygens (including phenoxy) is 1. The van der Waals surface area contributed by atoms with Crippen LogP contribution in [0.3, 0.4) is 0 Å². The molecule has 0 atom stereocenters. The number of aryl methyl sites for hydroxylation is 1. The minimum absolute atomic E-state index is 0.0500. The summed E-state index contributed by atoms with van der Waals surface area (Å²) in [6.07, 6.45) is 1.10. The molecule has 2 aromatic heterocycles. The molecular weight excluding hydrogens is 364 g/mol. The fourth-order valence-electron chi connectivity index (χ4n) is 2.32. The van der Waals surface area contributed by atoms with Crippen LogP contribution in [0, 0.1) is 17.0 Å². The fourth-order valence-corrected chi connectivity index (χ4v) is 3.41. The third kappa shape index (κ3) is 3.61. The zero-order valence-corrected chi connectivity index (χ0v) is 15.3. The summed E-state index contributed by atoms with van der Waals surface area (Å²) in [6.45, 7) is 4.64. The Morgan fingerprint density at radius 3 is 2.62 bits per heavy atom. The van der Waals surface area contributed by atoms with Gasteiger partial charge in [-0.05, 0) is 26.3 Å². The number of hydrogen-bond acceptors (Lipinski definition) is 8. The van der Waals surface area contributed by atoms with E-state index in [1.54, 1.807) is 13.8 Å². The summed E-state index contributed by atoms with van der Waals surface area (Å²) < 4.78 is 6.11. The van der Waals surface area contributed by atoms with E-state index in [0.29, 0.717) is 10.4 Å². The maximum absolute atomic E-state index is 12.5. The van der Waals surface area contributed by atoms with Crippen molar-refractivity contribution in [1.82, 2.24) is 9.78 Å². The molecule has 2 aromatic rings. The minimum Gasteiger partial charge on any atom is -0.462 e. The monoisotopic (exact) mass is 380 g/mol. The van der Waals surface area contributed by atoms with Crippen molar-refractivity contribution in [2.24, 2.45) is 7.05 Å². The standard InChI is InChI=1S/C15H16N4O6S/c1-5-25-15(22)10-7(2)12(8(3)20)26-14(10)16-13(21)11-9(19(23)24)6-18(4)17-11/h6H,5H2,1-4H3,(H,16,21). The lowest BCUT2D eigenvalue weighted by Crippen LogP contribution is -2.16. The van der Waals surface area contributed by atoms with Crippen LogP contribution in [0.15, 0.2) is 6.20 Å². The van der Waals surface area contributed by atoms with E-state index >= 15 is 0 Å². The molecule has 0 bridgehead atoms. The van der Waals surface area contributed by atoms with Gasteiger partial charge in [-0.3, -0.25) is 24.4 Å². The van der Waals surface area contributed by atoms with Gasteiger partial charge in [-0.2, -0.15) is 5.10 Å². The van der Waals surface area contributed by atoms with E-state index in [9.17, 15) is 24.5 Å². The highest BCUT2D eigenvalue weighted by Crippen LogP contribution is 2.34. The molecule has 2 heterocycles. The minimum atomic E-state index is -0.862. The van der Waals surface area contributed by atoms with Gasteiger partial charge in [-0.15, -0.1) is 11.3 Å². The average molecular weight is 380 g/mol. The van der Waals surface area contributed by atoms with Gasteiger partial charge < -0.3 is 10.1 Å². The second-order valence-corrected chi connectivity index (χ2v) is 6.31. The summed E-state index contributed by atoms with van der Waals surface area (Å²) in [7, 11) is 1.44. The van der Waals surface area contributed by atoms with Gasteiger partial charge in [0.2, 0.25) is 5.69 Å². The molecule has 10 nitrogen and oxygen atoms in total. The SMILES string of the molecule is CCOC(=O)c1c(NC(=O)c2nn(C)cc2[N+](=O)[O-])sc(C(C)=O)c1C. The first kappa shape index (κ1) is 19.2. The van der Waals surface area contributed by atoms with Crippen molar-refractivity contribution in [3.8, 4) is 0 Å². The second-order valence-electron chi connectivity index (χ2n) is 5.28. The van der Waals surface area contributed by atoms with Gasteiger partial charge in [-0.25, -0.2) is 4.79 Å². The number of carbonyl (C=O) groups excluding carboxylic acids is 3. The molecule has 0 aliphatic rings. The number of hydrogen-bond donors (Lipinski definition) is 1. The Balaban J connectivity index is 2.47. The van der Waals surface area contributed by atoms with Gasteiger partial charge in [0, 0.05) is 7.05 Å². The first-order valence-corrected chi connectivity index (χ1v) is 8.29. The molecule has 11 heteroatoms. The van der Waals surface area contributed by atoms with E-state index in [2.05, 4.69) is 10.4 Å². The maximum Gasteiger partial charge on any atom is 0.341 e. The van der Waals surface area contributed by atoms with E-state index in [1.165, 1.54) is 14.0 Å². The molecule has 0 aromatic carbocycles. The van der Waals surface area contributed by atoms with Crippen LogP contribution in [0.4, 0.5) is 10.7 Å². The predicted octanol–water partition coefficient (Wildman–Crippen LogP) is 2.33. The highest BCUT2D eigenvalue weighted by atomic mass is 32.1. The largest absolute Gasteiger partial charge is 0.462 e. The Hall–Kier alpha value is -3.08. The normalized spacial score (nSPS) is 10.5. The molecule has 0 aliphatic heterocycles. The van der Waals surface area contributed by atoms with Crippen molar-refractivity contribution in [3.63, 3.8) is 0 Å². The summed E-state index contributed by atoms with van der Waals surface area (Å²) in [6, 6.07) is 0. The van der Waals surface area contributed by atoms with Crippen LogP contribution < -0.4 is 5.32 Å². The molecule has 0 saturated carbocycles. The fraction of sp³-hybridized carbons (Fsp3) is 0.333. The first-order chi connectivity index (χ1) is 12.2. The Bertz CT molecular complexity index is 914. The van der Waals surface area contributed by atoms with Gasteiger partial charge in [0.1, 0.15) is 11.2 Å². The highest BCUT2D eigenvalue weighted by molar-refractivity contribution is 7.18. The molecule has 1 N–H and O–H groups in total. The summed E-state index contributed by atoms with van der Waals surface area (Å²) in [5.74, 6) is -1.83. The van der Waals surface area contributed by atoms with Gasteiger partial charge in [0.25, 0.3) is 5.91 Å². The number of Topliss-reactive ketones (excluding diaryl/α,β-unsaturated/α-hetero) is 1. The van der Waals surface area contributed by atoms with Crippen molar-refractivity contribution in [1.29, 1.82) is 0 Å². The lowest BCUT2D eigenvalue weighted by molar-refractivity contribution is -0.385. The number of aromatic nitrogens is 2. The number of nitrogens with zero attached hydrogens (tertiary/aromatic N) is 3. The van der Waals surface area contributed by atoms with E-state index in [4.69, 9.17) is 4.74 Å². The second kappa shape index (κ2) is 7.44. The number of rotatable bonds is 6. The number of anilines is 1. The molecule has 138 valence electrons. The van der Waals surface area contributed by atoms with Crippen LogP contribution in [-0.4, -0.2) is 39.0 Å². The Labute approximate surface area is 151 Å². The summed E-state index contributed by atoms with van der Waals surface area (Å²) in [5, 5.41) is 17.4. The van der Waals surface area contributed by atoms with Crippen LogP contribution >= 0.6 is 11.3 Å². The quantitative estimate of drug-likeness (QED) is 0.352. The molecule has 2 rings (SSSR count). The van der Waals surface area contributed by atoms with Gasteiger partial charge in [0.05, 0.1) is 22.0 Å².